The van der Waals surface area contributed by atoms with Gasteiger partial charge in [0, 0.05) is 11.6 Å². The van der Waals surface area contributed by atoms with E-state index in [9.17, 15) is 4.39 Å². The predicted octanol–water partition coefficient (Wildman–Crippen LogP) is 1.85. The molecule has 3 heteroatoms. The van der Waals surface area contributed by atoms with Crippen molar-refractivity contribution in [2.45, 2.75) is 13.0 Å². The summed E-state index contributed by atoms with van der Waals surface area (Å²) in [5, 5.41) is 0. The Labute approximate surface area is 71.1 Å². The molecule has 0 heterocycles. The predicted molar refractivity (Wildman–Crippen MR) is 45.6 cm³/mol. The molecule has 0 fully saturated rings. The van der Waals surface area contributed by atoms with Gasteiger partial charge in [-0.25, -0.2) is 4.39 Å². The van der Waals surface area contributed by atoms with Crippen molar-refractivity contribution in [1.82, 2.24) is 0 Å². The number of hydrogen-bond acceptors (Lipinski definition) is 2. The van der Waals surface area contributed by atoms with Crippen LogP contribution in [0.3, 0.4) is 0 Å². The maximum absolute atomic E-state index is 13.1. The molecule has 0 spiro atoms. The lowest BCUT2D eigenvalue weighted by atomic mass is 10.1. The molecule has 2 nitrogen and oxygen atoms in total. The van der Waals surface area contributed by atoms with E-state index in [-0.39, 0.29) is 11.9 Å². The Balaban J connectivity index is 3.20. The summed E-state index contributed by atoms with van der Waals surface area (Å²) in [7, 11) is 1.50. The van der Waals surface area contributed by atoms with Crippen molar-refractivity contribution >= 4 is 0 Å². The van der Waals surface area contributed by atoms with E-state index in [0.717, 1.165) is 0 Å². The number of halogens is 1. The first-order valence-electron chi connectivity index (χ1n) is 3.74. The molecule has 2 N–H and O–H groups in total. The zero-order valence-corrected chi connectivity index (χ0v) is 7.17. The molecule has 1 aromatic rings. The van der Waals surface area contributed by atoms with Crippen LogP contribution in [-0.2, 0) is 0 Å². The van der Waals surface area contributed by atoms with Crippen molar-refractivity contribution in [3.8, 4) is 5.75 Å². The highest BCUT2D eigenvalue weighted by Crippen LogP contribution is 2.25. The van der Waals surface area contributed by atoms with Gasteiger partial charge >= 0.3 is 0 Å². The second-order valence-electron chi connectivity index (χ2n) is 2.64. The summed E-state index contributed by atoms with van der Waals surface area (Å²) < 4.78 is 18.1. The number of benzene rings is 1. The topological polar surface area (TPSA) is 35.2 Å². The smallest absolute Gasteiger partial charge is 0.131 e. The zero-order chi connectivity index (χ0) is 9.14. The van der Waals surface area contributed by atoms with Crippen LogP contribution in [0.15, 0.2) is 18.2 Å². The van der Waals surface area contributed by atoms with Crippen LogP contribution < -0.4 is 10.5 Å². The molecule has 0 unspecified atom stereocenters. The first-order valence-corrected chi connectivity index (χ1v) is 3.74. The minimum Gasteiger partial charge on any atom is -0.496 e. The highest BCUT2D eigenvalue weighted by atomic mass is 19.1. The molecular weight excluding hydrogens is 157 g/mol. The van der Waals surface area contributed by atoms with Crippen molar-refractivity contribution in [3.05, 3.63) is 29.6 Å². The Hall–Kier alpha value is -1.09. The highest BCUT2D eigenvalue weighted by Gasteiger charge is 2.11. The second kappa shape index (κ2) is 3.54. The van der Waals surface area contributed by atoms with Gasteiger partial charge in [-0.2, -0.15) is 0 Å². The quantitative estimate of drug-likeness (QED) is 0.733. The number of hydrogen-bond donors (Lipinski definition) is 1. The average molecular weight is 169 g/mol. The van der Waals surface area contributed by atoms with Crippen molar-refractivity contribution in [1.29, 1.82) is 0 Å². The van der Waals surface area contributed by atoms with E-state index in [1.807, 2.05) is 0 Å². The van der Waals surface area contributed by atoms with Crippen LogP contribution in [-0.4, -0.2) is 7.11 Å². The maximum atomic E-state index is 13.1. The molecule has 0 aliphatic rings. The summed E-state index contributed by atoms with van der Waals surface area (Å²) in [6.07, 6.45) is 0. The average Bonchev–Trinajstić information content (AvgIpc) is 2.03. The van der Waals surface area contributed by atoms with Crippen LogP contribution in [0.1, 0.15) is 18.5 Å². The van der Waals surface area contributed by atoms with Crippen molar-refractivity contribution in [3.63, 3.8) is 0 Å². The summed E-state index contributed by atoms with van der Waals surface area (Å²) in [5.74, 6) is 0.189. The Morgan fingerprint density at radius 2 is 2.17 bits per heavy atom. The third-order valence-electron chi connectivity index (χ3n) is 1.69. The van der Waals surface area contributed by atoms with Crippen LogP contribution in [0, 0.1) is 5.82 Å². The summed E-state index contributed by atoms with van der Waals surface area (Å²) in [6.45, 7) is 1.72. The lowest BCUT2D eigenvalue weighted by molar-refractivity contribution is 0.400. The molecule has 0 amide bonds. The fraction of sp³-hybridized carbons (Fsp3) is 0.333. The van der Waals surface area contributed by atoms with Crippen LogP contribution in [0.2, 0.25) is 0 Å². The largest absolute Gasteiger partial charge is 0.496 e. The number of nitrogens with two attached hydrogens (primary N) is 1. The second-order valence-corrected chi connectivity index (χ2v) is 2.64. The summed E-state index contributed by atoms with van der Waals surface area (Å²) in [6, 6.07) is 4.32. The fourth-order valence-electron chi connectivity index (χ4n) is 1.14. The lowest BCUT2D eigenvalue weighted by Crippen LogP contribution is -2.09. The highest BCUT2D eigenvalue weighted by molar-refractivity contribution is 5.36. The first-order chi connectivity index (χ1) is 5.66. The minimum atomic E-state index is -0.346. The van der Waals surface area contributed by atoms with Crippen LogP contribution in [0.5, 0.6) is 5.75 Å². The third-order valence-corrected chi connectivity index (χ3v) is 1.69. The van der Waals surface area contributed by atoms with Gasteiger partial charge in [-0.3, -0.25) is 0 Å². The molecule has 1 aromatic carbocycles. The molecule has 0 aromatic heterocycles. The monoisotopic (exact) mass is 169 g/mol. The van der Waals surface area contributed by atoms with E-state index in [4.69, 9.17) is 10.5 Å². The van der Waals surface area contributed by atoms with E-state index in [0.29, 0.717) is 11.3 Å². The van der Waals surface area contributed by atoms with Gasteiger partial charge < -0.3 is 10.5 Å². The van der Waals surface area contributed by atoms with Gasteiger partial charge in [0.25, 0.3) is 0 Å². The lowest BCUT2D eigenvalue weighted by Gasteiger charge is -2.11. The molecule has 1 rings (SSSR count). The Bertz CT molecular complexity index is 273. The molecule has 12 heavy (non-hydrogen) atoms. The van der Waals surface area contributed by atoms with Gasteiger partial charge in [0.15, 0.2) is 0 Å². The molecule has 0 aliphatic carbocycles. The van der Waals surface area contributed by atoms with E-state index in [2.05, 4.69) is 0 Å². The zero-order valence-electron chi connectivity index (χ0n) is 7.17. The molecule has 66 valence electrons. The van der Waals surface area contributed by atoms with E-state index >= 15 is 0 Å². The van der Waals surface area contributed by atoms with Gasteiger partial charge in [0.05, 0.1) is 7.11 Å². The molecule has 1 atom stereocenters. The molecule has 0 bridgehead atoms. The van der Waals surface area contributed by atoms with E-state index in [1.54, 1.807) is 19.1 Å². The molecule has 0 radical (unpaired) electrons. The van der Waals surface area contributed by atoms with Crippen LogP contribution in [0.4, 0.5) is 4.39 Å². The summed E-state index contributed by atoms with van der Waals surface area (Å²) in [4.78, 5) is 0. The minimum absolute atomic E-state index is 0.315. The van der Waals surface area contributed by atoms with Gasteiger partial charge in [-0.1, -0.05) is 6.07 Å². The Morgan fingerprint density at radius 1 is 1.50 bits per heavy atom. The Kier molecular flexibility index (Phi) is 2.65. The van der Waals surface area contributed by atoms with E-state index in [1.165, 1.54) is 13.2 Å². The van der Waals surface area contributed by atoms with Crippen LogP contribution in [0.25, 0.3) is 0 Å². The number of methoxy groups -OCH3 is 1. The maximum Gasteiger partial charge on any atom is 0.131 e. The van der Waals surface area contributed by atoms with Gasteiger partial charge in [0.2, 0.25) is 0 Å². The van der Waals surface area contributed by atoms with Crippen molar-refractivity contribution < 1.29 is 9.13 Å². The normalized spacial score (nSPS) is 12.7. The molecule has 0 saturated carbocycles. The first kappa shape index (κ1) is 9.00. The van der Waals surface area contributed by atoms with E-state index < -0.39 is 0 Å². The number of rotatable bonds is 2. The standard InChI is InChI=1S/C9H12FNO/c1-6(11)9-7(10)4-3-5-8(9)12-2/h3-6H,11H2,1-2H3/t6-/m0/s1. The van der Waals surface area contributed by atoms with Crippen molar-refractivity contribution in [2.75, 3.05) is 7.11 Å². The SMILES string of the molecule is COc1cccc(F)c1[C@H](C)N. The van der Waals surface area contributed by atoms with Crippen LogP contribution >= 0.6 is 0 Å². The summed E-state index contributed by atoms with van der Waals surface area (Å²) in [5.41, 5.74) is 6.00. The molecule has 0 saturated heterocycles. The fourth-order valence-corrected chi connectivity index (χ4v) is 1.14. The summed E-state index contributed by atoms with van der Waals surface area (Å²) >= 11 is 0. The number of ether oxygens (including phenoxy) is 1. The Morgan fingerprint density at radius 3 is 2.58 bits per heavy atom. The molecule has 0 aliphatic heterocycles. The van der Waals surface area contributed by atoms with Crippen molar-refractivity contribution in [2.24, 2.45) is 5.73 Å². The van der Waals surface area contributed by atoms with Gasteiger partial charge in [-0.05, 0) is 19.1 Å². The third kappa shape index (κ3) is 1.56. The van der Waals surface area contributed by atoms with Gasteiger partial charge in [0.1, 0.15) is 11.6 Å². The molecular formula is C9H12FNO. The van der Waals surface area contributed by atoms with Gasteiger partial charge in [-0.15, -0.1) is 0 Å².